The highest BCUT2D eigenvalue weighted by Gasteiger charge is 2.41. The molecule has 0 aromatic carbocycles. The van der Waals surface area contributed by atoms with E-state index in [9.17, 15) is 19.2 Å². The molecule has 3 fully saturated rings. The maximum absolute atomic E-state index is 13.0. The first-order valence-corrected chi connectivity index (χ1v) is 14.1. The van der Waals surface area contributed by atoms with Crippen LogP contribution in [0.15, 0.2) is 12.2 Å². The average molecular weight is 522 g/mol. The zero-order valence-electron chi connectivity index (χ0n) is 22.1. The fourth-order valence-corrected chi connectivity index (χ4v) is 5.25. The van der Waals surface area contributed by atoms with Gasteiger partial charge in [-0.3, -0.25) is 19.1 Å². The average Bonchev–Trinajstić information content (AvgIpc) is 3.73. The Balaban J connectivity index is 1.37. The maximum atomic E-state index is 13.0. The summed E-state index contributed by atoms with van der Waals surface area (Å²) >= 11 is 1.57. The van der Waals surface area contributed by atoms with Crippen molar-refractivity contribution in [3.63, 3.8) is 0 Å². The number of unbranched alkanes of at least 4 members (excludes halogenated alkanes) is 3. The van der Waals surface area contributed by atoms with Crippen LogP contribution in [-0.2, 0) is 14.4 Å². The molecule has 1 aliphatic heterocycles. The Morgan fingerprint density at radius 2 is 1.86 bits per heavy atom. The van der Waals surface area contributed by atoms with Gasteiger partial charge < -0.3 is 20.9 Å². The summed E-state index contributed by atoms with van der Waals surface area (Å²) in [6.07, 6.45) is 11.8. The maximum Gasteiger partial charge on any atom is 0.318 e. The summed E-state index contributed by atoms with van der Waals surface area (Å²) in [5.74, 6) is -0.232. The fraction of sp³-hybridized carbons (Fsp3) is 0.769. The van der Waals surface area contributed by atoms with Gasteiger partial charge in [-0.15, -0.1) is 0 Å². The van der Waals surface area contributed by atoms with E-state index in [-0.39, 0.29) is 29.2 Å². The molecular weight excluding hydrogens is 478 g/mol. The number of primary amides is 1. The van der Waals surface area contributed by atoms with Gasteiger partial charge in [-0.05, 0) is 63.3 Å². The zero-order chi connectivity index (χ0) is 26.5. The van der Waals surface area contributed by atoms with E-state index in [1.165, 1.54) is 17.7 Å². The van der Waals surface area contributed by atoms with Crippen LogP contribution in [0.4, 0.5) is 4.79 Å². The lowest BCUT2D eigenvalue weighted by atomic mass is 9.85. The third-order valence-corrected chi connectivity index (χ3v) is 8.36. The minimum atomic E-state index is -0.745. The number of likely N-dealkylation sites (N-methyl/N-ethyl adjacent to an activating group) is 1. The number of nitrogens with zero attached hydrogens (tertiary/aromatic N) is 2. The van der Waals surface area contributed by atoms with Crippen molar-refractivity contribution in [1.82, 2.24) is 19.8 Å². The van der Waals surface area contributed by atoms with Gasteiger partial charge in [-0.25, -0.2) is 4.79 Å². The van der Waals surface area contributed by atoms with Crippen molar-refractivity contribution in [2.75, 3.05) is 20.1 Å². The minimum absolute atomic E-state index is 0.0987. The van der Waals surface area contributed by atoms with E-state index in [4.69, 9.17) is 5.73 Å². The van der Waals surface area contributed by atoms with Crippen LogP contribution in [0.1, 0.15) is 72.1 Å². The molecule has 1 saturated heterocycles. The molecule has 3 rings (SSSR count). The largest absolute Gasteiger partial charge is 0.368 e. The molecule has 0 spiro atoms. The summed E-state index contributed by atoms with van der Waals surface area (Å²) in [5.41, 5.74) is 5.47. The van der Waals surface area contributed by atoms with E-state index >= 15 is 0 Å². The van der Waals surface area contributed by atoms with Crippen molar-refractivity contribution >= 4 is 35.7 Å². The second-order valence-corrected chi connectivity index (χ2v) is 12.5. The van der Waals surface area contributed by atoms with Gasteiger partial charge in [0.05, 0.1) is 0 Å². The summed E-state index contributed by atoms with van der Waals surface area (Å²) in [7, 11) is 1.55. The topological polar surface area (TPSA) is 125 Å². The number of allylic oxidation sites excluding steroid dienone is 2. The third kappa shape index (κ3) is 8.42. The third-order valence-electron chi connectivity index (χ3n) is 7.24. The van der Waals surface area contributed by atoms with E-state index in [0.717, 1.165) is 32.1 Å². The molecule has 0 unspecified atom stereocenters. The quantitative estimate of drug-likeness (QED) is 0.184. The molecule has 36 heavy (non-hydrogen) atoms. The van der Waals surface area contributed by atoms with Gasteiger partial charge in [-0.1, -0.05) is 38.8 Å². The van der Waals surface area contributed by atoms with Crippen LogP contribution in [-0.4, -0.2) is 71.0 Å². The molecule has 5 amide bonds. The number of carbonyl (C=O) groups excluding carboxylic acids is 4. The summed E-state index contributed by atoms with van der Waals surface area (Å²) in [4.78, 5) is 52.4. The molecule has 2 aliphatic carbocycles. The monoisotopic (exact) mass is 521 g/mol. The van der Waals surface area contributed by atoms with E-state index in [0.29, 0.717) is 30.7 Å². The molecular formula is C26H43N5O4S. The summed E-state index contributed by atoms with van der Waals surface area (Å²) in [6, 6.07) is -1.68. The van der Waals surface area contributed by atoms with E-state index in [1.54, 1.807) is 30.8 Å². The Kier molecular flexibility index (Phi) is 9.72. The Hall–Kier alpha value is -2.23. The lowest BCUT2D eigenvalue weighted by molar-refractivity contribution is -0.138. The van der Waals surface area contributed by atoms with Gasteiger partial charge in [0, 0.05) is 36.7 Å². The highest BCUT2D eigenvalue weighted by Crippen LogP contribution is 2.41. The molecule has 1 heterocycles. The van der Waals surface area contributed by atoms with E-state index < -0.39 is 18.0 Å². The predicted octanol–water partition coefficient (Wildman–Crippen LogP) is 2.81. The summed E-state index contributed by atoms with van der Waals surface area (Å²) in [6.45, 7) is 7.10. The molecule has 10 heteroatoms. The first-order chi connectivity index (χ1) is 17.0. The van der Waals surface area contributed by atoms with Gasteiger partial charge in [0.2, 0.25) is 17.7 Å². The molecule has 9 nitrogen and oxygen atoms in total. The zero-order valence-corrected chi connectivity index (χ0v) is 22.9. The van der Waals surface area contributed by atoms with Crippen molar-refractivity contribution in [3.8, 4) is 0 Å². The van der Waals surface area contributed by atoms with Gasteiger partial charge in [0.25, 0.3) is 0 Å². The Labute approximate surface area is 219 Å². The molecule has 0 aromatic heterocycles. The second-order valence-electron chi connectivity index (χ2n) is 11.4. The van der Waals surface area contributed by atoms with Crippen LogP contribution in [0.25, 0.3) is 0 Å². The number of likely N-dealkylation sites (tertiary alicyclic amines) is 1. The van der Waals surface area contributed by atoms with Gasteiger partial charge in [0.1, 0.15) is 12.1 Å². The standard InChI is InChI=1S/C26H43N5O4S/c1-17(22(27)32)30(4)24(34)21(28-25(35)31-15-26(2,3)16-31)11-9-7-5-6-8-10-18-14-20(18)23(33)29-36-19-12-13-19/h8,10,17-21H,5-7,9,11-16H2,1-4H3,(H2,27,32)(H,28,35)(H,29,33)/b10-8-/t17-,18+,20-,21-/m0/s1. The van der Waals surface area contributed by atoms with Crippen molar-refractivity contribution in [1.29, 1.82) is 0 Å². The molecule has 2 saturated carbocycles. The molecule has 0 aromatic rings. The van der Waals surface area contributed by atoms with E-state index in [1.807, 2.05) is 0 Å². The van der Waals surface area contributed by atoms with Gasteiger partial charge in [-0.2, -0.15) is 0 Å². The number of nitrogens with one attached hydrogen (secondary N) is 2. The Morgan fingerprint density at radius 3 is 2.47 bits per heavy atom. The van der Waals surface area contributed by atoms with Crippen molar-refractivity contribution in [3.05, 3.63) is 12.2 Å². The molecule has 0 radical (unpaired) electrons. The number of amides is 5. The highest BCUT2D eigenvalue weighted by atomic mass is 32.2. The van der Waals surface area contributed by atoms with Gasteiger partial charge in [0.15, 0.2) is 0 Å². The fourth-order valence-electron chi connectivity index (χ4n) is 4.45. The normalized spacial score (nSPS) is 23.9. The van der Waals surface area contributed by atoms with Crippen LogP contribution >= 0.6 is 11.9 Å². The lowest BCUT2D eigenvalue weighted by Gasteiger charge is -2.46. The number of rotatable bonds is 14. The smallest absolute Gasteiger partial charge is 0.318 e. The number of nitrogens with two attached hydrogens (primary N) is 1. The molecule has 3 aliphatic rings. The number of urea groups is 1. The second kappa shape index (κ2) is 12.3. The Morgan fingerprint density at radius 1 is 1.17 bits per heavy atom. The van der Waals surface area contributed by atoms with Gasteiger partial charge >= 0.3 is 6.03 Å². The van der Waals surface area contributed by atoms with Crippen molar-refractivity contribution < 1.29 is 19.2 Å². The molecule has 202 valence electrons. The molecule has 4 atom stereocenters. The van der Waals surface area contributed by atoms with Crippen LogP contribution in [0.2, 0.25) is 0 Å². The predicted molar refractivity (Wildman–Crippen MR) is 142 cm³/mol. The Bertz CT molecular complexity index is 851. The first kappa shape index (κ1) is 28.3. The van der Waals surface area contributed by atoms with E-state index in [2.05, 4.69) is 36.0 Å². The van der Waals surface area contributed by atoms with Crippen LogP contribution in [0, 0.1) is 17.3 Å². The first-order valence-electron chi connectivity index (χ1n) is 13.2. The molecule has 4 N–H and O–H groups in total. The van der Waals surface area contributed by atoms with Crippen molar-refractivity contribution in [2.45, 2.75) is 89.5 Å². The molecule has 0 bridgehead atoms. The SMILES string of the molecule is C[C@@H](C(N)=O)N(C)C(=O)[C@H](CCCCC/C=C\[C@@H]1C[C@@H]1C(=O)NSC1CC1)NC(=O)N1CC(C)(C)C1. The summed E-state index contributed by atoms with van der Waals surface area (Å²) in [5, 5.41) is 3.51. The highest BCUT2D eigenvalue weighted by molar-refractivity contribution is 7.98. The number of hydrogen-bond donors (Lipinski definition) is 3. The van der Waals surface area contributed by atoms with Crippen molar-refractivity contribution in [2.24, 2.45) is 23.0 Å². The van der Waals surface area contributed by atoms with Crippen LogP contribution in [0.3, 0.4) is 0 Å². The summed E-state index contributed by atoms with van der Waals surface area (Å²) < 4.78 is 2.98. The van der Waals surface area contributed by atoms with Crippen LogP contribution in [0.5, 0.6) is 0 Å². The lowest BCUT2D eigenvalue weighted by Crippen LogP contribution is -2.61. The minimum Gasteiger partial charge on any atom is -0.368 e. The number of carbonyl (C=O) groups is 4. The number of hydrogen-bond acceptors (Lipinski definition) is 5. The van der Waals surface area contributed by atoms with Crippen LogP contribution < -0.4 is 15.8 Å².